The van der Waals surface area contributed by atoms with Crippen molar-refractivity contribution in [2.75, 3.05) is 56.4 Å². The summed E-state index contributed by atoms with van der Waals surface area (Å²) in [6, 6.07) is 5.96. The Kier molecular flexibility index (Phi) is 4.88. The molecule has 5 heteroatoms. The van der Waals surface area contributed by atoms with Gasteiger partial charge in [0, 0.05) is 38.4 Å². The van der Waals surface area contributed by atoms with Gasteiger partial charge >= 0.3 is 0 Å². The monoisotopic (exact) mass is 308 g/mol. The first kappa shape index (κ1) is 14.9. The van der Waals surface area contributed by atoms with Crippen molar-refractivity contribution in [3.63, 3.8) is 0 Å². The fourth-order valence-electron chi connectivity index (χ4n) is 3.33. The minimum Gasteiger partial charge on any atom is -0.398 e. The SMILES string of the molecule is Nc1ccc(N2CCN(CC3CCNCC3)CC2)cc1Cl. The molecule has 3 N–H and O–H groups in total. The molecule has 116 valence electrons. The maximum Gasteiger partial charge on any atom is 0.0656 e. The lowest BCUT2D eigenvalue weighted by Gasteiger charge is -2.38. The molecule has 0 unspecified atom stereocenters. The van der Waals surface area contributed by atoms with E-state index in [-0.39, 0.29) is 0 Å². The fraction of sp³-hybridized carbons (Fsp3) is 0.625. The molecular formula is C16H25ClN4. The van der Waals surface area contributed by atoms with Gasteiger partial charge in [0.05, 0.1) is 10.7 Å². The Morgan fingerprint density at radius 1 is 1.14 bits per heavy atom. The maximum absolute atomic E-state index is 6.12. The van der Waals surface area contributed by atoms with Gasteiger partial charge in [-0.2, -0.15) is 0 Å². The number of benzene rings is 1. The molecule has 2 aliphatic rings. The second-order valence-corrected chi connectivity index (χ2v) is 6.59. The van der Waals surface area contributed by atoms with E-state index in [0.29, 0.717) is 10.7 Å². The molecule has 2 heterocycles. The van der Waals surface area contributed by atoms with E-state index in [2.05, 4.69) is 21.2 Å². The van der Waals surface area contributed by atoms with Gasteiger partial charge in [-0.25, -0.2) is 0 Å². The third-order valence-corrected chi connectivity index (χ3v) is 5.02. The van der Waals surface area contributed by atoms with E-state index in [9.17, 15) is 0 Å². The highest BCUT2D eigenvalue weighted by atomic mass is 35.5. The normalized spacial score (nSPS) is 21.7. The van der Waals surface area contributed by atoms with Gasteiger partial charge in [-0.1, -0.05) is 11.6 Å². The summed E-state index contributed by atoms with van der Waals surface area (Å²) < 4.78 is 0. The summed E-state index contributed by atoms with van der Waals surface area (Å²) in [4.78, 5) is 5.02. The van der Waals surface area contributed by atoms with E-state index in [0.717, 1.165) is 32.1 Å². The molecule has 2 aliphatic heterocycles. The number of nitrogen functional groups attached to an aromatic ring is 1. The average molecular weight is 309 g/mol. The first-order valence-corrected chi connectivity index (χ1v) is 8.33. The fourth-order valence-corrected chi connectivity index (χ4v) is 3.51. The number of nitrogens with one attached hydrogen (secondary N) is 1. The minimum absolute atomic E-state index is 0.657. The van der Waals surface area contributed by atoms with Crippen molar-refractivity contribution in [2.45, 2.75) is 12.8 Å². The van der Waals surface area contributed by atoms with E-state index in [1.54, 1.807) is 0 Å². The summed E-state index contributed by atoms with van der Waals surface area (Å²) >= 11 is 6.12. The molecule has 0 atom stereocenters. The van der Waals surface area contributed by atoms with Crippen LogP contribution in [0.1, 0.15) is 12.8 Å². The molecule has 2 fully saturated rings. The van der Waals surface area contributed by atoms with Crippen molar-refractivity contribution in [3.8, 4) is 0 Å². The lowest BCUT2D eigenvalue weighted by Crippen LogP contribution is -2.48. The summed E-state index contributed by atoms with van der Waals surface area (Å²) in [5.41, 5.74) is 7.63. The Balaban J connectivity index is 1.51. The van der Waals surface area contributed by atoms with E-state index in [1.807, 2.05) is 12.1 Å². The first-order valence-electron chi connectivity index (χ1n) is 7.95. The van der Waals surface area contributed by atoms with Gasteiger partial charge in [0.25, 0.3) is 0 Å². The Morgan fingerprint density at radius 2 is 1.86 bits per heavy atom. The van der Waals surface area contributed by atoms with E-state index in [1.165, 1.54) is 38.2 Å². The van der Waals surface area contributed by atoms with Crippen LogP contribution in [0.3, 0.4) is 0 Å². The number of halogens is 1. The Hall–Kier alpha value is -0.970. The zero-order valence-electron chi connectivity index (χ0n) is 12.5. The lowest BCUT2D eigenvalue weighted by molar-refractivity contribution is 0.196. The highest BCUT2D eigenvalue weighted by Crippen LogP contribution is 2.26. The van der Waals surface area contributed by atoms with Crippen LogP contribution in [-0.2, 0) is 0 Å². The van der Waals surface area contributed by atoms with E-state index < -0.39 is 0 Å². The molecule has 0 saturated carbocycles. The van der Waals surface area contributed by atoms with Crippen LogP contribution in [0.4, 0.5) is 11.4 Å². The molecule has 1 aromatic carbocycles. The molecule has 2 saturated heterocycles. The molecule has 0 amide bonds. The average Bonchev–Trinajstić information content (AvgIpc) is 2.52. The number of piperazine rings is 1. The van der Waals surface area contributed by atoms with Crippen molar-refractivity contribution < 1.29 is 0 Å². The van der Waals surface area contributed by atoms with Crippen molar-refractivity contribution in [1.29, 1.82) is 0 Å². The Bertz CT molecular complexity index is 465. The molecule has 0 radical (unpaired) electrons. The van der Waals surface area contributed by atoms with E-state index in [4.69, 9.17) is 17.3 Å². The maximum atomic E-state index is 6.12. The van der Waals surface area contributed by atoms with Gasteiger partial charge in [0.1, 0.15) is 0 Å². The molecule has 3 rings (SSSR count). The highest BCUT2D eigenvalue weighted by molar-refractivity contribution is 6.33. The molecule has 0 aromatic heterocycles. The van der Waals surface area contributed by atoms with Crippen LogP contribution in [0.15, 0.2) is 18.2 Å². The van der Waals surface area contributed by atoms with Gasteiger partial charge in [-0.05, 0) is 50.0 Å². The minimum atomic E-state index is 0.657. The van der Waals surface area contributed by atoms with Crippen LogP contribution in [0.25, 0.3) is 0 Å². The largest absolute Gasteiger partial charge is 0.398 e. The zero-order valence-corrected chi connectivity index (χ0v) is 13.3. The Morgan fingerprint density at radius 3 is 2.52 bits per heavy atom. The summed E-state index contributed by atoms with van der Waals surface area (Å²) in [7, 11) is 0. The van der Waals surface area contributed by atoms with Gasteiger partial charge in [-0.15, -0.1) is 0 Å². The molecule has 21 heavy (non-hydrogen) atoms. The topological polar surface area (TPSA) is 44.5 Å². The predicted molar refractivity (Wildman–Crippen MR) is 90.1 cm³/mol. The number of hydrogen-bond donors (Lipinski definition) is 2. The number of piperidine rings is 1. The standard InChI is InChI=1S/C16H25ClN4/c17-15-11-14(1-2-16(15)18)21-9-7-20(8-10-21)12-13-3-5-19-6-4-13/h1-2,11,13,19H,3-10,12,18H2. The molecule has 0 bridgehead atoms. The zero-order chi connectivity index (χ0) is 14.7. The van der Waals surface area contributed by atoms with Crippen LogP contribution in [-0.4, -0.2) is 50.7 Å². The van der Waals surface area contributed by atoms with Crippen molar-refractivity contribution in [1.82, 2.24) is 10.2 Å². The van der Waals surface area contributed by atoms with Gasteiger partial charge in [0.2, 0.25) is 0 Å². The first-order chi connectivity index (χ1) is 10.2. The van der Waals surface area contributed by atoms with Crippen molar-refractivity contribution in [2.24, 2.45) is 5.92 Å². The number of nitrogens with two attached hydrogens (primary N) is 1. The second kappa shape index (κ2) is 6.86. The van der Waals surface area contributed by atoms with Gasteiger partial charge < -0.3 is 16.0 Å². The van der Waals surface area contributed by atoms with Crippen LogP contribution >= 0.6 is 11.6 Å². The van der Waals surface area contributed by atoms with Crippen LogP contribution in [0, 0.1) is 5.92 Å². The smallest absolute Gasteiger partial charge is 0.0656 e. The Labute approximate surface area is 132 Å². The summed E-state index contributed by atoms with van der Waals surface area (Å²) in [6.07, 6.45) is 2.65. The van der Waals surface area contributed by atoms with Gasteiger partial charge in [0.15, 0.2) is 0 Å². The molecule has 1 aromatic rings. The lowest BCUT2D eigenvalue weighted by atomic mass is 9.97. The number of hydrogen-bond acceptors (Lipinski definition) is 4. The van der Waals surface area contributed by atoms with Crippen LogP contribution < -0.4 is 16.0 Å². The summed E-state index contributed by atoms with van der Waals surface area (Å²) in [6.45, 7) is 8.08. The predicted octanol–water partition coefficient (Wildman–Crippen LogP) is 2.04. The van der Waals surface area contributed by atoms with Gasteiger partial charge in [-0.3, -0.25) is 4.90 Å². The van der Waals surface area contributed by atoms with Crippen molar-refractivity contribution >= 4 is 23.0 Å². The third kappa shape index (κ3) is 3.82. The van der Waals surface area contributed by atoms with E-state index >= 15 is 0 Å². The third-order valence-electron chi connectivity index (χ3n) is 4.70. The molecule has 0 spiro atoms. The molecular weight excluding hydrogens is 284 g/mol. The molecule has 4 nitrogen and oxygen atoms in total. The summed E-state index contributed by atoms with van der Waals surface area (Å²) in [5.74, 6) is 0.878. The number of rotatable bonds is 3. The molecule has 0 aliphatic carbocycles. The second-order valence-electron chi connectivity index (χ2n) is 6.19. The van der Waals surface area contributed by atoms with Crippen molar-refractivity contribution in [3.05, 3.63) is 23.2 Å². The van der Waals surface area contributed by atoms with Crippen LogP contribution in [0.2, 0.25) is 5.02 Å². The van der Waals surface area contributed by atoms with Crippen LogP contribution in [0.5, 0.6) is 0 Å². The summed E-state index contributed by atoms with van der Waals surface area (Å²) in [5, 5.41) is 4.10. The number of nitrogens with zero attached hydrogens (tertiary/aromatic N) is 2. The highest BCUT2D eigenvalue weighted by Gasteiger charge is 2.21. The quantitative estimate of drug-likeness (QED) is 0.839. The number of anilines is 2.